The van der Waals surface area contributed by atoms with Gasteiger partial charge in [0.05, 0.1) is 0 Å². The Morgan fingerprint density at radius 1 is 0.944 bits per heavy atom. The SMILES string of the molecule is CC1CCC=CCCC(=O)C(O)CCC=CCC1. The van der Waals surface area contributed by atoms with Gasteiger partial charge in [-0.15, -0.1) is 0 Å². The van der Waals surface area contributed by atoms with Gasteiger partial charge in [0.2, 0.25) is 0 Å². The Labute approximate surface area is 111 Å². The molecule has 0 fully saturated rings. The van der Waals surface area contributed by atoms with Gasteiger partial charge in [-0.05, 0) is 50.9 Å². The minimum absolute atomic E-state index is 0.0173. The van der Waals surface area contributed by atoms with Gasteiger partial charge in [-0.3, -0.25) is 4.79 Å². The number of allylic oxidation sites excluding steroid dienone is 4. The third-order valence-electron chi connectivity index (χ3n) is 3.52. The summed E-state index contributed by atoms with van der Waals surface area (Å²) < 4.78 is 0. The minimum atomic E-state index is -0.771. The summed E-state index contributed by atoms with van der Waals surface area (Å²) in [7, 11) is 0. The molecule has 0 aromatic heterocycles. The molecule has 2 unspecified atom stereocenters. The van der Waals surface area contributed by atoms with Crippen LogP contribution >= 0.6 is 0 Å². The maximum absolute atomic E-state index is 11.6. The van der Waals surface area contributed by atoms with Gasteiger partial charge >= 0.3 is 0 Å². The molecule has 0 saturated carbocycles. The number of carbonyl (C=O) groups is 1. The zero-order valence-electron chi connectivity index (χ0n) is 11.5. The molecule has 0 bridgehead atoms. The summed E-state index contributed by atoms with van der Waals surface area (Å²) in [4.78, 5) is 11.6. The fourth-order valence-electron chi connectivity index (χ4n) is 2.18. The quantitative estimate of drug-likeness (QED) is 0.664. The van der Waals surface area contributed by atoms with E-state index in [2.05, 4.69) is 31.2 Å². The van der Waals surface area contributed by atoms with E-state index in [-0.39, 0.29) is 5.78 Å². The Morgan fingerprint density at radius 3 is 2.06 bits per heavy atom. The van der Waals surface area contributed by atoms with Gasteiger partial charge in [-0.25, -0.2) is 0 Å². The fraction of sp³-hybridized carbons (Fsp3) is 0.688. The maximum Gasteiger partial charge on any atom is 0.161 e. The van der Waals surface area contributed by atoms with Crippen molar-refractivity contribution in [3.63, 3.8) is 0 Å². The van der Waals surface area contributed by atoms with Crippen LogP contribution < -0.4 is 0 Å². The number of Topliss-reactive ketones (excluding diaryl/α,β-unsaturated/α-hetero) is 1. The average molecular weight is 250 g/mol. The van der Waals surface area contributed by atoms with E-state index in [0.717, 1.165) is 31.6 Å². The van der Waals surface area contributed by atoms with Crippen LogP contribution in [0.5, 0.6) is 0 Å². The molecule has 0 amide bonds. The normalized spacial score (nSPS) is 28.7. The summed E-state index contributed by atoms with van der Waals surface area (Å²) in [6.07, 6.45) is 15.0. The fourth-order valence-corrected chi connectivity index (χ4v) is 2.18. The van der Waals surface area contributed by atoms with Crippen molar-refractivity contribution in [1.29, 1.82) is 0 Å². The molecule has 1 aliphatic rings. The first-order valence-electron chi connectivity index (χ1n) is 7.21. The molecule has 0 aromatic rings. The van der Waals surface area contributed by atoms with Crippen LogP contribution in [-0.4, -0.2) is 17.0 Å². The van der Waals surface area contributed by atoms with Crippen LogP contribution in [0.25, 0.3) is 0 Å². The van der Waals surface area contributed by atoms with Gasteiger partial charge in [0.1, 0.15) is 6.10 Å². The second kappa shape index (κ2) is 9.09. The summed E-state index contributed by atoms with van der Waals surface area (Å²) in [5.41, 5.74) is 0. The van der Waals surface area contributed by atoms with E-state index in [4.69, 9.17) is 0 Å². The first kappa shape index (κ1) is 15.2. The van der Waals surface area contributed by atoms with E-state index in [1.54, 1.807) is 0 Å². The molecule has 102 valence electrons. The van der Waals surface area contributed by atoms with E-state index in [1.165, 1.54) is 12.8 Å². The summed E-state index contributed by atoms with van der Waals surface area (Å²) in [5.74, 6) is 0.743. The lowest BCUT2D eigenvalue weighted by Crippen LogP contribution is -2.19. The second-order valence-electron chi connectivity index (χ2n) is 5.30. The van der Waals surface area contributed by atoms with Crippen molar-refractivity contribution in [1.82, 2.24) is 0 Å². The van der Waals surface area contributed by atoms with Crippen molar-refractivity contribution >= 4 is 5.78 Å². The van der Waals surface area contributed by atoms with Gasteiger partial charge < -0.3 is 5.11 Å². The van der Waals surface area contributed by atoms with Crippen molar-refractivity contribution in [3.05, 3.63) is 24.3 Å². The highest BCUT2D eigenvalue weighted by Gasteiger charge is 2.12. The highest BCUT2D eigenvalue weighted by atomic mass is 16.3. The average Bonchev–Trinajstić information content (AvgIpc) is 2.36. The van der Waals surface area contributed by atoms with Crippen LogP contribution in [0.3, 0.4) is 0 Å². The molecule has 0 aromatic carbocycles. The van der Waals surface area contributed by atoms with E-state index < -0.39 is 6.10 Å². The zero-order chi connectivity index (χ0) is 13.2. The Kier molecular flexibility index (Phi) is 7.66. The van der Waals surface area contributed by atoms with Crippen molar-refractivity contribution in [2.45, 2.75) is 64.4 Å². The summed E-state index contributed by atoms with van der Waals surface area (Å²) in [6, 6.07) is 0. The van der Waals surface area contributed by atoms with E-state index in [9.17, 15) is 9.90 Å². The van der Waals surface area contributed by atoms with Crippen LogP contribution in [0.15, 0.2) is 24.3 Å². The second-order valence-corrected chi connectivity index (χ2v) is 5.30. The number of ketones is 1. The van der Waals surface area contributed by atoms with Crippen molar-refractivity contribution in [3.8, 4) is 0 Å². The van der Waals surface area contributed by atoms with E-state index in [0.29, 0.717) is 12.8 Å². The van der Waals surface area contributed by atoms with Crippen molar-refractivity contribution in [2.75, 3.05) is 0 Å². The lowest BCUT2D eigenvalue weighted by molar-refractivity contribution is -0.127. The van der Waals surface area contributed by atoms with Crippen molar-refractivity contribution in [2.24, 2.45) is 5.92 Å². The molecule has 1 rings (SSSR count). The Balaban J connectivity index is 2.45. The lowest BCUT2D eigenvalue weighted by Gasteiger charge is -2.07. The Hall–Kier alpha value is -0.890. The molecule has 0 saturated heterocycles. The monoisotopic (exact) mass is 250 g/mol. The highest BCUT2D eigenvalue weighted by Crippen LogP contribution is 2.14. The van der Waals surface area contributed by atoms with Crippen LogP contribution in [-0.2, 0) is 4.79 Å². The molecule has 0 spiro atoms. The molecular weight excluding hydrogens is 224 g/mol. The van der Waals surface area contributed by atoms with Gasteiger partial charge in [-0.2, -0.15) is 0 Å². The third-order valence-corrected chi connectivity index (χ3v) is 3.52. The standard InChI is InChI=1S/C16H26O2/c1-14-10-6-2-4-8-12-15(17)16(18)13-9-5-3-7-11-14/h2-5,14-15,17H,6-13H2,1H3. The maximum atomic E-state index is 11.6. The summed E-state index contributed by atoms with van der Waals surface area (Å²) in [6.45, 7) is 2.30. The summed E-state index contributed by atoms with van der Waals surface area (Å²) in [5, 5.41) is 9.68. The number of hydrogen-bond donors (Lipinski definition) is 1. The largest absolute Gasteiger partial charge is 0.385 e. The molecule has 0 heterocycles. The molecule has 1 N–H and O–H groups in total. The van der Waals surface area contributed by atoms with E-state index >= 15 is 0 Å². The molecule has 1 aliphatic carbocycles. The molecular formula is C16H26O2. The number of rotatable bonds is 0. The van der Waals surface area contributed by atoms with Gasteiger partial charge in [0, 0.05) is 6.42 Å². The first-order valence-corrected chi connectivity index (χ1v) is 7.21. The number of aliphatic hydroxyl groups is 1. The number of hydrogen-bond acceptors (Lipinski definition) is 2. The molecule has 0 aliphatic heterocycles. The van der Waals surface area contributed by atoms with Crippen LogP contribution in [0.1, 0.15) is 58.3 Å². The van der Waals surface area contributed by atoms with Crippen LogP contribution in [0.2, 0.25) is 0 Å². The molecule has 18 heavy (non-hydrogen) atoms. The third kappa shape index (κ3) is 6.75. The van der Waals surface area contributed by atoms with Crippen LogP contribution in [0.4, 0.5) is 0 Å². The predicted molar refractivity (Wildman–Crippen MR) is 75.4 cm³/mol. The molecule has 2 heteroatoms. The predicted octanol–water partition coefficient (Wildman–Crippen LogP) is 3.80. The smallest absolute Gasteiger partial charge is 0.161 e. The van der Waals surface area contributed by atoms with Gasteiger partial charge in [-0.1, -0.05) is 31.2 Å². The zero-order valence-corrected chi connectivity index (χ0v) is 11.5. The summed E-state index contributed by atoms with van der Waals surface area (Å²) >= 11 is 0. The lowest BCUT2D eigenvalue weighted by atomic mass is 9.99. The van der Waals surface area contributed by atoms with Crippen molar-refractivity contribution < 1.29 is 9.90 Å². The number of carbonyl (C=O) groups excluding carboxylic acids is 1. The van der Waals surface area contributed by atoms with Gasteiger partial charge in [0.25, 0.3) is 0 Å². The Bertz CT molecular complexity index is 291. The van der Waals surface area contributed by atoms with Crippen LogP contribution in [0, 0.1) is 5.92 Å². The highest BCUT2D eigenvalue weighted by molar-refractivity contribution is 5.82. The van der Waals surface area contributed by atoms with E-state index in [1.807, 2.05) is 0 Å². The Morgan fingerprint density at radius 2 is 1.44 bits per heavy atom. The van der Waals surface area contributed by atoms with Gasteiger partial charge in [0.15, 0.2) is 5.78 Å². The first-order chi connectivity index (χ1) is 8.70. The molecule has 2 nitrogen and oxygen atoms in total. The topological polar surface area (TPSA) is 37.3 Å². The minimum Gasteiger partial charge on any atom is -0.385 e. The number of aliphatic hydroxyl groups excluding tert-OH is 1. The molecule has 0 radical (unpaired) electrons. The molecule has 2 atom stereocenters.